The minimum absolute atomic E-state index is 0. The van der Waals surface area contributed by atoms with E-state index in [0.29, 0.717) is 30.9 Å². The predicted molar refractivity (Wildman–Crippen MR) is 214 cm³/mol. The van der Waals surface area contributed by atoms with Crippen LogP contribution in [0.5, 0.6) is 17.2 Å². The van der Waals surface area contributed by atoms with Gasteiger partial charge >= 0.3 is 0 Å². The number of likely N-dealkylation sites (tertiary alicyclic amines) is 1. The van der Waals surface area contributed by atoms with Crippen molar-refractivity contribution in [3.8, 4) is 17.2 Å². The van der Waals surface area contributed by atoms with Gasteiger partial charge in [-0.15, -0.1) is 12.4 Å². The summed E-state index contributed by atoms with van der Waals surface area (Å²) in [5.41, 5.74) is 4.84. The van der Waals surface area contributed by atoms with Gasteiger partial charge in [-0.25, -0.2) is 0 Å². The average molecular weight is 739 g/mol. The summed E-state index contributed by atoms with van der Waals surface area (Å²) in [5, 5.41) is 3.20. The second kappa shape index (κ2) is 18.6. The molecule has 1 aliphatic carbocycles. The van der Waals surface area contributed by atoms with Gasteiger partial charge in [0.15, 0.2) is 17.3 Å². The fraction of sp³-hybridized carbons (Fsp3) is 0.422. The van der Waals surface area contributed by atoms with E-state index >= 15 is 0 Å². The third-order valence-electron chi connectivity index (χ3n) is 11.5. The highest BCUT2D eigenvalue weighted by Crippen LogP contribution is 2.45. The number of carbonyl (C=O) groups excluding carboxylic acids is 2. The number of piperidine rings is 1. The second-order valence-corrected chi connectivity index (χ2v) is 14.4. The molecule has 6 rings (SSSR count). The summed E-state index contributed by atoms with van der Waals surface area (Å²) in [7, 11) is 4.93. The molecule has 1 spiro atoms. The van der Waals surface area contributed by atoms with Crippen LogP contribution in [0.1, 0.15) is 90.4 Å². The summed E-state index contributed by atoms with van der Waals surface area (Å²) in [6.45, 7) is 2.42. The van der Waals surface area contributed by atoms with E-state index in [-0.39, 0.29) is 29.5 Å². The first-order valence-corrected chi connectivity index (χ1v) is 19.0. The zero-order valence-electron chi connectivity index (χ0n) is 31.5. The molecule has 7 nitrogen and oxygen atoms in total. The van der Waals surface area contributed by atoms with Crippen LogP contribution in [0.2, 0.25) is 0 Å². The van der Waals surface area contributed by atoms with Crippen LogP contribution in [0.3, 0.4) is 0 Å². The molecule has 53 heavy (non-hydrogen) atoms. The van der Waals surface area contributed by atoms with Gasteiger partial charge in [-0.2, -0.15) is 0 Å². The van der Waals surface area contributed by atoms with E-state index in [0.717, 1.165) is 93.3 Å². The standard InChI is InChI=1S/C45H54N2O5.ClH/c1-50-38-21-18-34(19-22-38)20-23-42(48)46-29-12-25-44(36-14-6-4-7-15-36,37-16-8-5-9-17-37)26-13-31-47-30-11-10-27-45(47)28-24-35-32-40(51-2)41(52-3)33-39(35)43(45)49;/h4-9,14-19,21-22,32-33H,10-13,20,23-31H2,1-3H3,(H,46,48);1H. The Balaban J connectivity index is 0.00000541. The number of ether oxygens (including phenoxy) is 3. The van der Waals surface area contributed by atoms with Gasteiger partial charge in [0.05, 0.1) is 26.9 Å². The van der Waals surface area contributed by atoms with Crippen LogP contribution in [0.15, 0.2) is 97.1 Å². The van der Waals surface area contributed by atoms with Crippen molar-refractivity contribution >= 4 is 24.1 Å². The summed E-state index contributed by atoms with van der Waals surface area (Å²) >= 11 is 0. The highest BCUT2D eigenvalue weighted by molar-refractivity contribution is 6.06. The molecule has 1 N–H and O–H groups in total. The highest BCUT2D eigenvalue weighted by atomic mass is 35.5. The Labute approximate surface area is 321 Å². The van der Waals surface area contributed by atoms with Gasteiger partial charge < -0.3 is 19.5 Å². The summed E-state index contributed by atoms with van der Waals surface area (Å²) in [5.74, 6) is 2.41. The van der Waals surface area contributed by atoms with Crippen molar-refractivity contribution in [2.24, 2.45) is 0 Å². The van der Waals surface area contributed by atoms with E-state index in [9.17, 15) is 9.59 Å². The maximum Gasteiger partial charge on any atom is 0.220 e. The summed E-state index contributed by atoms with van der Waals surface area (Å²) in [6, 6.07) is 33.5. The van der Waals surface area contributed by atoms with Crippen LogP contribution in [0, 0.1) is 0 Å². The minimum Gasteiger partial charge on any atom is -0.497 e. The fourth-order valence-corrected chi connectivity index (χ4v) is 8.71. The molecule has 1 aliphatic heterocycles. The summed E-state index contributed by atoms with van der Waals surface area (Å²) in [6.07, 6.45) is 9.53. The number of hydrogen-bond donors (Lipinski definition) is 1. The molecular formula is C45H55ClN2O5. The predicted octanol–water partition coefficient (Wildman–Crippen LogP) is 8.78. The molecule has 0 aromatic heterocycles. The van der Waals surface area contributed by atoms with Crippen LogP contribution >= 0.6 is 12.4 Å². The van der Waals surface area contributed by atoms with Crippen LogP contribution in [-0.4, -0.2) is 63.1 Å². The van der Waals surface area contributed by atoms with E-state index in [4.69, 9.17) is 14.2 Å². The molecule has 2 aliphatic rings. The first-order valence-electron chi connectivity index (χ1n) is 19.0. The van der Waals surface area contributed by atoms with E-state index in [1.807, 2.05) is 36.4 Å². The van der Waals surface area contributed by atoms with Crippen molar-refractivity contribution in [3.63, 3.8) is 0 Å². The van der Waals surface area contributed by atoms with Crippen LogP contribution in [-0.2, 0) is 23.1 Å². The summed E-state index contributed by atoms with van der Waals surface area (Å²) < 4.78 is 16.4. The maximum atomic E-state index is 14.5. The second-order valence-electron chi connectivity index (χ2n) is 14.4. The maximum absolute atomic E-state index is 14.5. The van der Waals surface area contributed by atoms with E-state index in [2.05, 4.69) is 70.9 Å². The van der Waals surface area contributed by atoms with Gasteiger partial charge in [-0.3, -0.25) is 14.5 Å². The Morgan fingerprint density at radius 1 is 0.792 bits per heavy atom. The van der Waals surface area contributed by atoms with Crippen LogP contribution in [0.25, 0.3) is 0 Å². The van der Waals surface area contributed by atoms with Gasteiger partial charge in [0.2, 0.25) is 5.91 Å². The van der Waals surface area contributed by atoms with Crippen molar-refractivity contribution in [1.29, 1.82) is 0 Å². The number of benzene rings is 4. The Hall–Kier alpha value is -4.33. The van der Waals surface area contributed by atoms with Crippen molar-refractivity contribution in [1.82, 2.24) is 10.2 Å². The number of aryl methyl sites for hydroxylation is 2. The SMILES string of the molecule is COc1ccc(CCC(=O)NCCCC(CCCN2CCCCC23CCc2cc(OC)c(OC)cc2C3=O)(c2ccccc2)c2ccccc2)cc1.Cl. The molecule has 1 atom stereocenters. The number of methoxy groups -OCH3 is 3. The third-order valence-corrected chi connectivity index (χ3v) is 11.5. The molecule has 1 amide bonds. The molecule has 0 radical (unpaired) electrons. The van der Waals surface area contributed by atoms with Crippen molar-refractivity contribution < 1.29 is 23.8 Å². The topological polar surface area (TPSA) is 77.1 Å². The molecule has 4 aromatic rings. The molecular weight excluding hydrogens is 684 g/mol. The molecule has 282 valence electrons. The lowest BCUT2D eigenvalue weighted by Gasteiger charge is -2.49. The van der Waals surface area contributed by atoms with Crippen molar-refractivity contribution in [3.05, 3.63) is 125 Å². The van der Waals surface area contributed by atoms with Crippen molar-refractivity contribution in [2.75, 3.05) is 41.0 Å². The third kappa shape index (κ3) is 8.90. The molecule has 8 heteroatoms. The van der Waals surface area contributed by atoms with Crippen LogP contribution < -0.4 is 19.5 Å². The van der Waals surface area contributed by atoms with Crippen LogP contribution in [0.4, 0.5) is 0 Å². The number of ketones is 1. The van der Waals surface area contributed by atoms with Gasteiger partial charge in [-0.05, 0) is 124 Å². The number of amides is 1. The Morgan fingerprint density at radius 2 is 1.43 bits per heavy atom. The Morgan fingerprint density at radius 3 is 2.08 bits per heavy atom. The average Bonchev–Trinajstić information content (AvgIpc) is 3.20. The van der Waals surface area contributed by atoms with Gasteiger partial charge in [0.1, 0.15) is 5.75 Å². The number of nitrogens with one attached hydrogen (secondary N) is 1. The largest absolute Gasteiger partial charge is 0.497 e. The quantitative estimate of drug-likeness (QED) is 0.116. The lowest BCUT2D eigenvalue weighted by molar-refractivity contribution is -0.121. The number of nitrogens with zero attached hydrogens (tertiary/aromatic N) is 1. The monoisotopic (exact) mass is 738 g/mol. The number of fused-ring (bicyclic) bond motifs is 1. The minimum atomic E-state index is -0.483. The zero-order valence-corrected chi connectivity index (χ0v) is 32.4. The molecule has 1 unspecified atom stereocenters. The summed E-state index contributed by atoms with van der Waals surface area (Å²) in [4.78, 5) is 29.9. The molecule has 1 fully saturated rings. The normalized spacial score (nSPS) is 17.1. The number of carbonyl (C=O) groups is 2. The van der Waals surface area contributed by atoms with Gasteiger partial charge in [0, 0.05) is 23.9 Å². The number of halogens is 1. The number of hydrogen-bond acceptors (Lipinski definition) is 6. The lowest BCUT2D eigenvalue weighted by atomic mass is 9.68. The van der Waals surface area contributed by atoms with Crippen molar-refractivity contribution in [2.45, 2.75) is 81.6 Å². The van der Waals surface area contributed by atoms with E-state index < -0.39 is 5.54 Å². The van der Waals surface area contributed by atoms with E-state index in [1.165, 1.54) is 11.1 Å². The van der Waals surface area contributed by atoms with Gasteiger partial charge in [0.25, 0.3) is 0 Å². The number of rotatable bonds is 16. The Bertz CT molecular complexity index is 1740. The fourth-order valence-electron chi connectivity index (χ4n) is 8.71. The van der Waals surface area contributed by atoms with Gasteiger partial charge in [-0.1, -0.05) is 72.8 Å². The number of Topliss-reactive ketones (excluding diaryl/α,β-unsaturated/α-hetero) is 1. The highest BCUT2D eigenvalue weighted by Gasteiger charge is 2.48. The molecule has 0 saturated carbocycles. The lowest BCUT2D eigenvalue weighted by Crippen LogP contribution is -2.59. The zero-order chi connectivity index (χ0) is 36.4. The Kier molecular flexibility index (Phi) is 14.0. The molecule has 4 aromatic carbocycles. The molecule has 1 saturated heterocycles. The van der Waals surface area contributed by atoms with E-state index in [1.54, 1.807) is 21.3 Å². The molecule has 0 bridgehead atoms. The molecule has 1 heterocycles. The smallest absolute Gasteiger partial charge is 0.220 e. The first kappa shape index (κ1) is 39.9. The first-order chi connectivity index (χ1) is 25.4.